The number of hydrogen-bond acceptors (Lipinski definition) is 7. The molecule has 0 spiro atoms. The van der Waals surface area contributed by atoms with Gasteiger partial charge in [0.1, 0.15) is 0 Å². The molecule has 2 aromatic carbocycles. The van der Waals surface area contributed by atoms with Gasteiger partial charge in [0, 0.05) is 62.9 Å². The number of rotatable bonds is 17. The van der Waals surface area contributed by atoms with Crippen molar-refractivity contribution >= 4 is 23.3 Å². The van der Waals surface area contributed by atoms with Crippen LogP contribution in [-0.2, 0) is 14.3 Å². The summed E-state index contributed by atoms with van der Waals surface area (Å²) in [7, 11) is 3.26. The van der Waals surface area contributed by atoms with E-state index in [2.05, 4.69) is 36.2 Å². The number of anilines is 1. The number of benzene rings is 2. The number of ketones is 1. The molecule has 9 nitrogen and oxygen atoms in total. The van der Waals surface area contributed by atoms with Gasteiger partial charge in [-0.3, -0.25) is 14.4 Å². The van der Waals surface area contributed by atoms with Crippen molar-refractivity contribution in [2.75, 3.05) is 58.5 Å². The van der Waals surface area contributed by atoms with Gasteiger partial charge in [-0.1, -0.05) is 44.2 Å². The van der Waals surface area contributed by atoms with E-state index in [1.807, 2.05) is 36.4 Å². The summed E-state index contributed by atoms with van der Waals surface area (Å²) >= 11 is 0. The van der Waals surface area contributed by atoms with Gasteiger partial charge in [0.2, 0.25) is 11.8 Å². The lowest BCUT2D eigenvalue weighted by Gasteiger charge is -2.30. The van der Waals surface area contributed by atoms with Crippen LogP contribution in [-0.4, -0.2) is 82.2 Å². The first kappa shape index (κ1) is 34.6. The zero-order valence-corrected chi connectivity index (χ0v) is 28.4. The summed E-state index contributed by atoms with van der Waals surface area (Å²) < 4.78 is 16.5. The monoisotopic (exact) mass is 645 g/mol. The Balaban J connectivity index is 1.20. The highest BCUT2D eigenvalue weighted by Crippen LogP contribution is 2.35. The molecule has 2 aliphatic heterocycles. The van der Waals surface area contributed by atoms with Crippen molar-refractivity contribution in [1.82, 2.24) is 10.2 Å². The van der Waals surface area contributed by atoms with Crippen molar-refractivity contribution in [2.24, 2.45) is 29.6 Å². The minimum Gasteiger partial charge on any atom is -0.493 e. The fourth-order valence-electron chi connectivity index (χ4n) is 6.83. The van der Waals surface area contributed by atoms with Gasteiger partial charge >= 0.3 is 0 Å². The number of hydrogen-bond donors (Lipinski definition) is 1. The van der Waals surface area contributed by atoms with E-state index in [4.69, 9.17) is 14.2 Å². The molecule has 2 aromatic rings. The number of carbonyl (C=O) groups is 3. The van der Waals surface area contributed by atoms with Gasteiger partial charge in [0.05, 0.1) is 19.6 Å². The van der Waals surface area contributed by atoms with Crippen LogP contribution in [0.15, 0.2) is 60.7 Å². The molecule has 2 saturated heterocycles. The Bertz CT molecular complexity index is 1390. The summed E-state index contributed by atoms with van der Waals surface area (Å²) in [5.41, 5.74) is 1.46. The highest BCUT2D eigenvalue weighted by atomic mass is 16.5. The summed E-state index contributed by atoms with van der Waals surface area (Å²) in [6.45, 7) is 8.11. The average Bonchev–Trinajstić information content (AvgIpc) is 3.70. The molecular formula is C38H51N3O6. The molecule has 0 bridgehead atoms. The smallest absolute Gasteiger partial charge is 0.228 e. The van der Waals surface area contributed by atoms with E-state index >= 15 is 0 Å². The number of nitrogens with one attached hydrogen (secondary N) is 1. The summed E-state index contributed by atoms with van der Waals surface area (Å²) in [6.07, 6.45) is 8.14. The van der Waals surface area contributed by atoms with Crippen LogP contribution in [0.4, 0.5) is 5.69 Å². The van der Waals surface area contributed by atoms with Crippen LogP contribution >= 0.6 is 0 Å². The fourth-order valence-corrected chi connectivity index (χ4v) is 6.83. The lowest BCUT2D eigenvalue weighted by Crippen LogP contribution is -2.43. The summed E-state index contributed by atoms with van der Waals surface area (Å²) in [5.74, 6) is 1.59. The Kier molecular flexibility index (Phi) is 12.1. The molecule has 4 atom stereocenters. The molecule has 0 aromatic heterocycles. The number of methoxy groups -OCH3 is 2. The predicted molar refractivity (Wildman–Crippen MR) is 183 cm³/mol. The first-order chi connectivity index (χ1) is 22.8. The van der Waals surface area contributed by atoms with Gasteiger partial charge in [0.25, 0.3) is 0 Å². The van der Waals surface area contributed by atoms with Gasteiger partial charge in [-0.2, -0.15) is 0 Å². The second-order valence-electron chi connectivity index (χ2n) is 13.5. The molecule has 1 saturated carbocycles. The van der Waals surface area contributed by atoms with E-state index in [9.17, 15) is 14.4 Å². The quantitative estimate of drug-likeness (QED) is 0.140. The van der Waals surface area contributed by atoms with Gasteiger partial charge in [-0.15, -0.1) is 0 Å². The van der Waals surface area contributed by atoms with Gasteiger partial charge in [0.15, 0.2) is 17.3 Å². The number of amides is 2. The average molecular weight is 646 g/mol. The van der Waals surface area contributed by atoms with E-state index in [1.165, 1.54) is 0 Å². The van der Waals surface area contributed by atoms with Crippen molar-refractivity contribution in [3.05, 3.63) is 66.2 Å². The maximum Gasteiger partial charge on any atom is 0.228 e. The Morgan fingerprint density at radius 1 is 1.02 bits per heavy atom. The third-order valence-electron chi connectivity index (χ3n) is 9.73. The molecule has 1 aliphatic carbocycles. The van der Waals surface area contributed by atoms with Crippen molar-refractivity contribution in [3.63, 3.8) is 0 Å². The van der Waals surface area contributed by atoms with Crippen LogP contribution in [0.25, 0.3) is 0 Å². The maximum absolute atomic E-state index is 13.8. The maximum atomic E-state index is 13.8. The molecule has 254 valence electrons. The molecule has 2 amide bonds. The molecule has 2 heterocycles. The number of ether oxygens (including phenoxy) is 3. The zero-order chi connectivity index (χ0) is 33.3. The summed E-state index contributed by atoms with van der Waals surface area (Å²) in [4.78, 5) is 44.3. The third kappa shape index (κ3) is 8.82. The van der Waals surface area contributed by atoms with E-state index < -0.39 is 0 Å². The van der Waals surface area contributed by atoms with E-state index in [1.54, 1.807) is 31.3 Å². The molecule has 3 fully saturated rings. The van der Waals surface area contributed by atoms with Crippen LogP contribution in [0.5, 0.6) is 11.5 Å². The SMILES string of the molecule is COCCCOc1cc(C(=O)C(/C=C/C[C@@H]2CNC[C@H]2CN(C(=O)C2CC(=O)N(c3ccccc3)C2)C2CC2)C(C)C)ccc1OC. The molecular weight excluding hydrogens is 594 g/mol. The minimum absolute atomic E-state index is 0.0190. The Morgan fingerprint density at radius 2 is 1.79 bits per heavy atom. The first-order valence-electron chi connectivity index (χ1n) is 17.2. The summed E-state index contributed by atoms with van der Waals surface area (Å²) in [6, 6.07) is 15.3. The normalized spacial score (nSPS) is 21.9. The molecule has 3 aliphatic rings. The van der Waals surface area contributed by atoms with Crippen molar-refractivity contribution in [2.45, 2.75) is 52.0 Å². The highest BCUT2D eigenvalue weighted by molar-refractivity contribution is 6.00. The van der Waals surface area contributed by atoms with Gasteiger partial charge in [-0.25, -0.2) is 0 Å². The topological polar surface area (TPSA) is 97.4 Å². The number of carbonyl (C=O) groups excluding carboxylic acids is 3. The van der Waals surface area contributed by atoms with Crippen LogP contribution in [0.3, 0.4) is 0 Å². The molecule has 47 heavy (non-hydrogen) atoms. The number of allylic oxidation sites excluding steroid dienone is 2. The van der Waals surface area contributed by atoms with Crippen LogP contribution in [0.1, 0.15) is 56.3 Å². The zero-order valence-electron chi connectivity index (χ0n) is 28.4. The van der Waals surface area contributed by atoms with Crippen LogP contribution in [0, 0.1) is 29.6 Å². The molecule has 9 heteroatoms. The minimum atomic E-state index is -0.303. The lowest BCUT2D eigenvalue weighted by molar-refractivity contribution is -0.137. The van der Waals surface area contributed by atoms with Crippen LogP contribution < -0.4 is 19.7 Å². The van der Waals surface area contributed by atoms with E-state index in [-0.39, 0.29) is 47.8 Å². The first-order valence-corrected chi connectivity index (χ1v) is 17.2. The van der Waals surface area contributed by atoms with Gasteiger partial charge < -0.3 is 29.3 Å². The number of nitrogens with zero attached hydrogens (tertiary/aromatic N) is 2. The third-order valence-corrected chi connectivity index (χ3v) is 9.73. The second-order valence-corrected chi connectivity index (χ2v) is 13.5. The second kappa shape index (κ2) is 16.4. The van der Waals surface area contributed by atoms with Crippen LogP contribution in [0.2, 0.25) is 0 Å². The van der Waals surface area contributed by atoms with Gasteiger partial charge in [-0.05, 0) is 80.4 Å². The molecule has 1 N–H and O–H groups in total. The largest absolute Gasteiger partial charge is 0.493 e. The Labute approximate surface area is 279 Å². The Hall–Kier alpha value is -3.69. The fraction of sp³-hybridized carbons (Fsp3) is 0.553. The number of para-hydroxylation sites is 1. The van der Waals surface area contributed by atoms with Crippen molar-refractivity contribution in [3.8, 4) is 11.5 Å². The molecule has 0 radical (unpaired) electrons. The van der Waals surface area contributed by atoms with E-state index in [0.717, 1.165) is 44.5 Å². The van der Waals surface area contributed by atoms with Crippen molar-refractivity contribution < 1.29 is 28.6 Å². The molecule has 5 rings (SSSR count). The highest BCUT2D eigenvalue weighted by Gasteiger charge is 2.43. The standard InChI is InChI=1S/C38H51N3O6/c1-26(2)33(37(43)27-14-17-34(46-4)35(20-27)47-19-9-18-45-3)13-8-10-28-22-39-23-30(28)25-41(32-15-16-32)38(44)29-21-36(42)40(24-29)31-11-6-5-7-12-31/h5-8,11-14,17,20,26,28-30,32-33,39H,9-10,15-16,18-19,21-25H2,1-4H3/b13-8+/t28-,29?,30+,33?/m1/s1. The summed E-state index contributed by atoms with van der Waals surface area (Å²) in [5, 5.41) is 3.55. The van der Waals surface area contributed by atoms with E-state index in [0.29, 0.717) is 55.2 Å². The lowest BCUT2D eigenvalue weighted by atomic mass is 9.86. The predicted octanol–water partition coefficient (Wildman–Crippen LogP) is 5.39. The Morgan fingerprint density at radius 3 is 2.49 bits per heavy atom. The molecule has 2 unspecified atom stereocenters. The van der Waals surface area contributed by atoms with Crippen molar-refractivity contribution in [1.29, 1.82) is 0 Å². The number of Topliss-reactive ketones (excluding diaryl/α,β-unsaturated/α-hetero) is 1.